The Hall–Kier alpha value is -2.21. The second-order valence-electron chi connectivity index (χ2n) is 5.89. The molecule has 0 aliphatic carbocycles. The molecule has 1 amide bonds. The summed E-state index contributed by atoms with van der Waals surface area (Å²) in [5.74, 6) is 2.01. The van der Waals surface area contributed by atoms with E-state index in [9.17, 15) is 4.79 Å². The van der Waals surface area contributed by atoms with Crippen LogP contribution in [0.4, 0.5) is 5.69 Å². The van der Waals surface area contributed by atoms with E-state index in [0.29, 0.717) is 17.2 Å². The van der Waals surface area contributed by atoms with E-state index in [2.05, 4.69) is 15.9 Å². The summed E-state index contributed by atoms with van der Waals surface area (Å²) in [6.45, 7) is 0.476. The molecule has 1 unspecified atom stereocenters. The van der Waals surface area contributed by atoms with Crippen LogP contribution >= 0.6 is 15.9 Å². The molecule has 3 aliphatic heterocycles. The van der Waals surface area contributed by atoms with Gasteiger partial charge in [0.15, 0.2) is 11.5 Å². The molecule has 5 rings (SSSR count). The molecule has 23 heavy (non-hydrogen) atoms. The van der Waals surface area contributed by atoms with Crippen molar-refractivity contribution in [3.05, 3.63) is 45.9 Å². The second kappa shape index (κ2) is 4.20. The molecule has 116 valence electrons. The molecule has 0 radical (unpaired) electrons. The summed E-state index contributed by atoms with van der Waals surface area (Å²) in [6, 6.07) is 9.54. The van der Waals surface area contributed by atoms with Crippen molar-refractivity contribution in [2.75, 3.05) is 25.3 Å². The van der Waals surface area contributed by atoms with E-state index in [4.69, 9.17) is 14.2 Å². The van der Waals surface area contributed by atoms with Gasteiger partial charge < -0.3 is 19.1 Å². The molecule has 0 fully saturated rings. The van der Waals surface area contributed by atoms with Crippen LogP contribution in [0.15, 0.2) is 34.8 Å². The van der Waals surface area contributed by atoms with Crippen molar-refractivity contribution in [1.82, 2.24) is 0 Å². The highest BCUT2D eigenvalue weighted by molar-refractivity contribution is 9.10. The minimum Gasteiger partial charge on any atom is -0.491 e. The zero-order valence-electron chi connectivity index (χ0n) is 12.3. The first-order valence-electron chi connectivity index (χ1n) is 7.27. The molecule has 0 saturated carbocycles. The Kier molecular flexibility index (Phi) is 2.42. The number of carbonyl (C=O) groups excluding carboxylic acids is 1. The number of hydrogen-bond donors (Lipinski definition) is 0. The van der Waals surface area contributed by atoms with Crippen molar-refractivity contribution < 1.29 is 19.0 Å². The summed E-state index contributed by atoms with van der Waals surface area (Å²) in [5, 5.41) is 0. The highest BCUT2D eigenvalue weighted by Gasteiger charge is 2.57. The zero-order chi connectivity index (χ0) is 15.8. The third kappa shape index (κ3) is 1.45. The summed E-state index contributed by atoms with van der Waals surface area (Å²) in [5.41, 5.74) is 1.85. The molecule has 1 atom stereocenters. The lowest BCUT2D eigenvalue weighted by Gasteiger charge is -2.22. The first-order valence-corrected chi connectivity index (χ1v) is 8.06. The van der Waals surface area contributed by atoms with E-state index < -0.39 is 5.41 Å². The van der Waals surface area contributed by atoms with Gasteiger partial charge in [0.2, 0.25) is 12.7 Å². The Morgan fingerprint density at radius 2 is 1.91 bits per heavy atom. The number of benzene rings is 2. The van der Waals surface area contributed by atoms with Gasteiger partial charge in [-0.2, -0.15) is 0 Å². The molecule has 0 bridgehead atoms. The van der Waals surface area contributed by atoms with Gasteiger partial charge in [0.05, 0.1) is 0 Å². The molecule has 5 nitrogen and oxygen atoms in total. The predicted molar refractivity (Wildman–Crippen MR) is 86.4 cm³/mol. The summed E-state index contributed by atoms with van der Waals surface area (Å²) < 4.78 is 17.7. The van der Waals surface area contributed by atoms with Crippen LogP contribution in [0.5, 0.6) is 17.2 Å². The maximum absolute atomic E-state index is 13.2. The van der Waals surface area contributed by atoms with Crippen LogP contribution in [0.3, 0.4) is 0 Å². The number of carbonyl (C=O) groups is 1. The second-order valence-corrected chi connectivity index (χ2v) is 6.75. The Morgan fingerprint density at radius 3 is 2.74 bits per heavy atom. The van der Waals surface area contributed by atoms with E-state index in [1.807, 2.05) is 30.3 Å². The standard InChI is InChI=1S/C17H12BrNO4/c1-19-11-4-2-3-10(18)15(11)17(16(19)20)7-21-12-6-14-13(5-9(12)17)22-8-23-14/h2-6H,7-8H2,1H3. The van der Waals surface area contributed by atoms with Crippen LogP contribution in [0.25, 0.3) is 0 Å². The number of halogens is 1. The van der Waals surface area contributed by atoms with Gasteiger partial charge in [0.25, 0.3) is 0 Å². The van der Waals surface area contributed by atoms with Gasteiger partial charge in [-0.05, 0) is 18.2 Å². The Labute approximate surface area is 140 Å². The van der Waals surface area contributed by atoms with Gasteiger partial charge in [0.1, 0.15) is 17.8 Å². The molecular formula is C17H12BrNO4. The fourth-order valence-corrected chi connectivity index (χ4v) is 4.44. The van der Waals surface area contributed by atoms with E-state index in [1.54, 1.807) is 11.9 Å². The average Bonchev–Trinajstić information content (AvgIpc) is 3.20. The molecule has 1 spiro atoms. The lowest BCUT2D eigenvalue weighted by molar-refractivity contribution is -0.121. The molecule has 0 saturated heterocycles. The Morgan fingerprint density at radius 1 is 1.13 bits per heavy atom. The highest BCUT2D eigenvalue weighted by atomic mass is 79.9. The topological polar surface area (TPSA) is 48.0 Å². The maximum Gasteiger partial charge on any atom is 0.245 e. The van der Waals surface area contributed by atoms with E-state index in [0.717, 1.165) is 21.3 Å². The average molecular weight is 374 g/mol. The Balaban J connectivity index is 1.83. The first-order chi connectivity index (χ1) is 11.1. The van der Waals surface area contributed by atoms with Gasteiger partial charge in [0, 0.05) is 34.4 Å². The van der Waals surface area contributed by atoms with Crippen molar-refractivity contribution in [2.45, 2.75) is 5.41 Å². The lowest BCUT2D eigenvalue weighted by atomic mass is 9.77. The van der Waals surface area contributed by atoms with Crippen molar-refractivity contribution in [2.24, 2.45) is 0 Å². The van der Waals surface area contributed by atoms with Crippen LogP contribution < -0.4 is 19.1 Å². The zero-order valence-corrected chi connectivity index (χ0v) is 13.8. The van der Waals surface area contributed by atoms with Crippen molar-refractivity contribution >= 4 is 27.5 Å². The van der Waals surface area contributed by atoms with Crippen LogP contribution in [0.2, 0.25) is 0 Å². The number of hydrogen-bond acceptors (Lipinski definition) is 4. The summed E-state index contributed by atoms with van der Waals surface area (Å²) in [7, 11) is 1.80. The van der Waals surface area contributed by atoms with Gasteiger partial charge in [-0.3, -0.25) is 4.79 Å². The quantitative estimate of drug-likeness (QED) is 0.712. The minimum absolute atomic E-state index is 0.0111. The molecule has 0 N–H and O–H groups in total. The monoisotopic (exact) mass is 373 g/mol. The molecule has 0 aromatic heterocycles. The number of ether oxygens (including phenoxy) is 3. The maximum atomic E-state index is 13.2. The smallest absolute Gasteiger partial charge is 0.245 e. The predicted octanol–water partition coefficient (Wildman–Crippen LogP) is 2.83. The number of amides is 1. The SMILES string of the molecule is CN1C(=O)C2(COc3cc4c(cc32)OCO4)c2c(Br)cccc21. The fraction of sp³-hybridized carbons (Fsp3) is 0.235. The third-order valence-corrected chi connectivity index (χ3v) is 5.49. The van der Waals surface area contributed by atoms with Crippen LogP contribution in [-0.2, 0) is 10.2 Å². The van der Waals surface area contributed by atoms with Crippen LogP contribution in [0, 0.1) is 0 Å². The van der Waals surface area contributed by atoms with Gasteiger partial charge >= 0.3 is 0 Å². The molecule has 2 aromatic rings. The van der Waals surface area contributed by atoms with Crippen LogP contribution in [-0.4, -0.2) is 26.4 Å². The van der Waals surface area contributed by atoms with Crippen LogP contribution in [0.1, 0.15) is 11.1 Å². The molecule has 3 aliphatic rings. The number of rotatable bonds is 0. The van der Waals surface area contributed by atoms with Crippen molar-refractivity contribution in [1.29, 1.82) is 0 Å². The molecule has 3 heterocycles. The Bertz CT molecular complexity index is 881. The molecule has 6 heteroatoms. The van der Waals surface area contributed by atoms with Crippen molar-refractivity contribution in [3.8, 4) is 17.2 Å². The summed E-state index contributed by atoms with van der Waals surface area (Å²) in [6.07, 6.45) is 0. The van der Waals surface area contributed by atoms with Gasteiger partial charge in [-0.25, -0.2) is 0 Å². The third-order valence-electron chi connectivity index (χ3n) is 4.83. The van der Waals surface area contributed by atoms with Gasteiger partial charge in [-0.15, -0.1) is 0 Å². The minimum atomic E-state index is -0.833. The number of nitrogens with zero attached hydrogens (tertiary/aromatic N) is 1. The lowest BCUT2D eigenvalue weighted by Crippen LogP contribution is -2.41. The summed E-state index contributed by atoms with van der Waals surface area (Å²) in [4.78, 5) is 14.9. The summed E-state index contributed by atoms with van der Waals surface area (Å²) >= 11 is 3.61. The van der Waals surface area contributed by atoms with E-state index in [1.165, 1.54) is 0 Å². The number of anilines is 1. The van der Waals surface area contributed by atoms with Crippen molar-refractivity contribution in [3.63, 3.8) is 0 Å². The largest absolute Gasteiger partial charge is 0.491 e. The molecule has 2 aromatic carbocycles. The van der Waals surface area contributed by atoms with E-state index in [-0.39, 0.29) is 19.3 Å². The first kappa shape index (κ1) is 13.2. The number of likely N-dealkylation sites (N-methyl/N-ethyl adjacent to an activating group) is 1. The van der Waals surface area contributed by atoms with E-state index >= 15 is 0 Å². The fourth-order valence-electron chi connectivity index (χ4n) is 3.74. The highest BCUT2D eigenvalue weighted by Crippen LogP contribution is 2.56. The molecular weight excluding hydrogens is 362 g/mol. The normalized spacial score (nSPS) is 23.2. The van der Waals surface area contributed by atoms with Gasteiger partial charge in [-0.1, -0.05) is 22.0 Å². The number of fused-ring (bicyclic) bond motifs is 5.